The van der Waals surface area contributed by atoms with E-state index < -0.39 is 6.10 Å². The Morgan fingerprint density at radius 2 is 2.10 bits per heavy atom. The van der Waals surface area contributed by atoms with Crippen molar-refractivity contribution in [1.29, 1.82) is 0 Å². The molecular weight excluding hydrogens is 398 g/mol. The largest absolute Gasteiger partial charge is 0.449 e. The van der Waals surface area contributed by atoms with Gasteiger partial charge in [-0.3, -0.25) is 4.98 Å². The maximum absolute atomic E-state index is 13.3. The molecule has 0 unspecified atom stereocenters. The van der Waals surface area contributed by atoms with Crippen molar-refractivity contribution in [3.8, 4) is 10.8 Å². The summed E-state index contributed by atoms with van der Waals surface area (Å²) in [4.78, 5) is 19.0. The van der Waals surface area contributed by atoms with E-state index >= 15 is 0 Å². The SMILES string of the molecule is C[C@H]1CCc2nc3ccccc3c(C(=O)O[C@H](C)c3nnc(-c4cccs4)o3)c2C1. The van der Waals surface area contributed by atoms with E-state index in [4.69, 9.17) is 14.1 Å². The number of hydrogen-bond acceptors (Lipinski definition) is 7. The van der Waals surface area contributed by atoms with Crippen LogP contribution in [0.25, 0.3) is 21.7 Å². The summed E-state index contributed by atoms with van der Waals surface area (Å²) in [5, 5.41) is 10.9. The number of para-hydroxylation sites is 1. The quantitative estimate of drug-likeness (QED) is 0.413. The number of benzene rings is 1. The van der Waals surface area contributed by atoms with Crippen LogP contribution in [0.4, 0.5) is 0 Å². The second-order valence-corrected chi connectivity index (χ2v) is 8.70. The first-order valence-corrected chi connectivity index (χ1v) is 11.0. The zero-order chi connectivity index (χ0) is 20.7. The lowest BCUT2D eigenvalue weighted by molar-refractivity contribution is 0.0280. The Kier molecular flexibility index (Phi) is 4.83. The lowest BCUT2D eigenvalue weighted by Gasteiger charge is -2.24. The van der Waals surface area contributed by atoms with Crippen LogP contribution in [0.15, 0.2) is 46.2 Å². The van der Waals surface area contributed by atoms with Gasteiger partial charge in [0.25, 0.3) is 11.8 Å². The van der Waals surface area contributed by atoms with E-state index in [1.54, 1.807) is 6.92 Å². The number of rotatable bonds is 4. The zero-order valence-corrected chi connectivity index (χ0v) is 17.6. The van der Waals surface area contributed by atoms with Crippen molar-refractivity contribution >= 4 is 28.2 Å². The van der Waals surface area contributed by atoms with Crippen LogP contribution >= 0.6 is 11.3 Å². The van der Waals surface area contributed by atoms with Crippen LogP contribution in [0, 0.1) is 5.92 Å². The third kappa shape index (κ3) is 3.39. The molecule has 6 nitrogen and oxygen atoms in total. The third-order valence-electron chi connectivity index (χ3n) is 5.51. The van der Waals surface area contributed by atoms with Gasteiger partial charge in [-0.25, -0.2) is 4.79 Å². The first-order valence-electron chi connectivity index (χ1n) is 10.1. The van der Waals surface area contributed by atoms with E-state index in [2.05, 4.69) is 17.1 Å². The Hall–Kier alpha value is -3.06. The van der Waals surface area contributed by atoms with Crippen LogP contribution in [-0.4, -0.2) is 21.2 Å². The molecule has 1 aliphatic rings. The minimum Gasteiger partial charge on any atom is -0.449 e. The molecule has 3 aromatic heterocycles. The molecule has 0 N–H and O–H groups in total. The number of aryl methyl sites for hydroxylation is 1. The standard InChI is InChI=1S/C23H21N3O3S/c1-13-9-10-18-16(12-13)20(15-6-3-4-7-17(15)24-18)23(27)28-14(2)21-25-26-22(29-21)19-8-5-11-30-19/h3-8,11,13-14H,9-10,12H2,1-2H3/t13-,14+/m0/s1. The number of carbonyl (C=O) groups excluding carboxylic acids is 1. The minimum absolute atomic E-state index is 0.285. The Morgan fingerprint density at radius 1 is 1.23 bits per heavy atom. The van der Waals surface area contributed by atoms with Crippen molar-refractivity contribution in [3.05, 3.63) is 64.5 Å². The van der Waals surface area contributed by atoms with Crippen molar-refractivity contribution in [2.45, 2.75) is 39.2 Å². The van der Waals surface area contributed by atoms with Gasteiger partial charge in [-0.1, -0.05) is 31.2 Å². The smallest absolute Gasteiger partial charge is 0.339 e. The topological polar surface area (TPSA) is 78.1 Å². The summed E-state index contributed by atoms with van der Waals surface area (Å²) >= 11 is 1.52. The minimum atomic E-state index is -0.651. The first kappa shape index (κ1) is 18.9. The number of nitrogens with zero attached hydrogens (tertiary/aromatic N) is 3. The zero-order valence-electron chi connectivity index (χ0n) is 16.8. The molecule has 5 rings (SSSR count). The molecule has 0 aliphatic heterocycles. The lowest BCUT2D eigenvalue weighted by atomic mass is 9.84. The molecule has 0 saturated carbocycles. The number of hydrogen-bond donors (Lipinski definition) is 0. The summed E-state index contributed by atoms with van der Waals surface area (Å²) in [6, 6.07) is 11.6. The molecule has 4 aromatic rings. The van der Waals surface area contributed by atoms with Gasteiger partial charge in [-0.05, 0) is 55.2 Å². The number of carbonyl (C=O) groups is 1. The Labute approximate surface area is 177 Å². The van der Waals surface area contributed by atoms with Gasteiger partial charge in [0, 0.05) is 11.1 Å². The van der Waals surface area contributed by atoms with Gasteiger partial charge in [0.1, 0.15) is 0 Å². The first-order chi connectivity index (χ1) is 14.6. The molecule has 152 valence electrons. The number of thiophene rings is 1. The normalized spacial score (nSPS) is 16.9. The van der Waals surface area contributed by atoms with Crippen LogP contribution in [0.3, 0.4) is 0 Å². The highest BCUT2D eigenvalue weighted by molar-refractivity contribution is 7.13. The van der Waals surface area contributed by atoms with Crippen molar-refractivity contribution in [3.63, 3.8) is 0 Å². The molecular formula is C23H21N3O3S. The van der Waals surface area contributed by atoms with E-state index in [0.717, 1.165) is 46.3 Å². The lowest BCUT2D eigenvalue weighted by Crippen LogP contribution is -2.20. The second-order valence-electron chi connectivity index (χ2n) is 7.75. The van der Waals surface area contributed by atoms with Gasteiger partial charge in [-0.2, -0.15) is 0 Å². The van der Waals surface area contributed by atoms with Gasteiger partial charge in [0.15, 0.2) is 6.10 Å². The van der Waals surface area contributed by atoms with Gasteiger partial charge in [0.2, 0.25) is 0 Å². The predicted octanol–water partition coefficient (Wildman–Crippen LogP) is 5.39. The van der Waals surface area contributed by atoms with Gasteiger partial charge in [0.05, 0.1) is 16.0 Å². The molecule has 30 heavy (non-hydrogen) atoms. The number of ether oxygens (including phenoxy) is 1. The fourth-order valence-corrected chi connectivity index (χ4v) is 4.61. The monoisotopic (exact) mass is 419 g/mol. The van der Waals surface area contributed by atoms with Crippen LogP contribution < -0.4 is 0 Å². The van der Waals surface area contributed by atoms with Crippen molar-refractivity contribution in [1.82, 2.24) is 15.2 Å². The number of fused-ring (bicyclic) bond motifs is 2. The molecule has 0 amide bonds. The highest BCUT2D eigenvalue weighted by Gasteiger charge is 2.28. The van der Waals surface area contributed by atoms with E-state index in [9.17, 15) is 4.79 Å². The van der Waals surface area contributed by atoms with Crippen LogP contribution in [0.1, 0.15) is 53.9 Å². The molecule has 1 aromatic carbocycles. The average molecular weight is 420 g/mol. The molecule has 0 bridgehead atoms. The summed E-state index contributed by atoms with van der Waals surface area (Å²) in [7, 11) is 0. The van der Waals surface area contributed by atoms with Crippen LogP contribution in [-0.2, 0) is 17.6 Å². The highest BCUT2D eigenvalue weighted by atomic mass is 32.1. The fourth-order valence-electron chi connectivity index (χ4n) is 3.96. The summed E-state index contributed by atoms with van der Waals surface area (Å²) in [5.74, 6) is 0.854. The molecule has 1 aliphatic carbocycles. The van der Waals surface area contributed by atoms with E-state index in [1.807, 2.05) is 41.8 Å². The molecule has 0 saturated heterocycles. The van der Waals surface area contributed by atoms with E-state index in [1.165, 1.54) is 11.3 Å². The summed E-state index contributed by atoms with van der Waals surface area (Å²) in [6.07, 6.45) is 2.14. The fraction of sp³-hybridized carbons (Fsp3) is 0.304. The molecule has 0 radical (unpaired) electrons. The predicted molar refractivity (Wildman–Crippen MR) is 114 cm³/mol. The summed E-state index contributed by atoms with van der Waals surface area (Å²) in [6.45, 7) is 3.96. The van der Waals surface area contributed by atoms with E-state index in [-0.39, 0.29) is 11.9 Å². The Balaban J connectivity index is 1.48. The van der Waals surface area contributed by atoms with E-state index in [0.29, 0.717) is 17.4 Å². The number of esters is 1. The third-order valence-corrected chi connectivity index (χ3v) is 6.37. The van der Waals surface area contributed by atoms with Gasteiger partial charge in [-0.15, -0.1) is 21.5 Å². The van der Waals surface area contributed by atoms with Crippen molar-refractivity contribution in [2.24, 2.45) is 5.92 Å². The molecule has 7 heteroatoms. The number of pyridine rings is 1. The second kappa shape index (κ2) is 7.65. The molecule has 3 heterocycles. The van der Waals surface area contributed by atoms with Crippen molar-refractivity contribution < 1.29 is 13.9 Å². The maximum atomic E-state index is 13.3. The summed E-state index contributed by atoms with van der Waals surface area (Å²) < 4.78 is 11.5. The average Bonchev–Trinajstić information content (AvgIpc) is 3.43. The Morgan fingerprint density at radius 3 is 2.93 bits per heavy atom. The summed E-state index contributed by atoms with van der Waals surface area (Å²) in [5.41, 5.74) is 3.45. The van der Waals surface area contributed by atoms with Crippen LogP contribution in [0.2, 0.25) is 0 Å². The molecule has 0 fully saturated rings. The maximum Gasteiger partial charge on any atom is 0.339 e. The number of aromatic nitrogens is 3. The van der Waals surface area contributed by atoms with Crippen LogP contribution in [0.5, 0.6) is 0 Å². The highest BCUT2D eigenvalue weighted by Crippen LogP contribution is 2.33. The van der Waals surface area contributed by atoms with Crippen molar-refractivity contribution in [2.75, 3.05) is 0 Å². The van der Waals surface area contributed by atoms with Gasteiger partial charge < -0.3 is 9.15 Å². The molecule has 0 spiro atoms. The Bertz CT molecular complexity index is 1220. The molecule has 2 atom stereocenters. The van der Waals surface area contributed by atoms with Gasteiger partial charge >= 0.3 is 5.97 Å².